The Morgan fingerprint density at radius 2 is 1.65 bits per heavy atom. The summed E-state index contributed by atoms with van der Waals surface area (Å²) in [6.07, 6.45) is -3.08. The summed E-state index contributed by atoms with van der Waals surface area (Å²) in [5, 5.41) is 0. The van der Waals surface area contributed by atoms with Crippen molar-refractivity contribution in [2.45, 2.75) is 31.7 Å². The molecule has 0 saturated heterocycles. The second-order valence-electron chi connectivity index (χ2n) is 7.61. The Morgan fingerprint density at radius 3 is 2.26 bits per heavy atom. The third kappa shape index (κ3) is 4.84. The fourth-order valence-electron chi connectivity index (χ4n) is 3.46. The number of hydrogen-bond acceptors (Lipinski definition) is 4. The highest BCUT2D eigenvalue weighted by atomic mass is 32.2. The molecule has 0 bridgehead atoms. The summed E-state index contributed by atoms with van der Waals surface area (Å²) in [7, 11) is -4.21. The van der Waals surface area contributed by atoms with E-state index >= 15 is 0 Å². The van der Waals surface area contributed by atoms with Crippen molar-refractivity contribution in [3.63, 3.8) is 0 Å². The number of pyridine rings is 1. The molecule has 2 aromatic heterocycles. The molecule has 34 heavy (non-hydrogen) atoms. The first-order chi connectivity index (χ1) is 15.9. The van der Waals surface area contributed by atoms with E-state index in [4.69, 9.17) is 0 Å². The topological polar surface area (TPSA) is 63.9 Å². The van der Waals surface area contributed by atoms with E-state index in [2.05, 4.69) is 9.72 Å². The number of imidazole rings is 1. The van der Waals surface area contributed by atoms with Crippen molar-refractivity contribution in [2.75, 3.05) is 4.31 Å². The number of nitrogens with zero attached hydrogens (tertiary/aromatic N) is 3. The van der Waals surface area contributed by atoms with Crippen LogP contribution in [-0.2, 0) is 16.6 Å². The van der Waals surface area contributed by atoms with Crippen molar-refractivity contribution < 1.29 is 30.7 Å². The maximum absolute atomic E-state index is 13.6. The Hall–Kier alpha value is -3.60. The first kappa shape index (κ1) is 23.6. The van der Waals surface area contributed by atoms with Crippen molar-refractivity contribution in [3.05, 3.63) is 89.5 Å². The Kier molecular flexibility index (Phi) is 5.98. The van der Waals surface area contributed by atoms with Crippen molar-refractivity contribution in [1.82, 2.24) is 9.38 Å². The smallest absolute Gasteiger partial charge is 0.406 e. The molecule has 0 fully saturated rings. The lowest BCUT2D eigenvalue weighted by atomic mass is 10.2. The number of alkyl halides is 3. The van der Waals surface area contributed by atoms with Gasteiger partial charge in [-0.3, -0.25) is 0 Å². The van der Waals surface area contributed by atoms with Gasteiger partial charge in [-0.1, -0.05) is 12.1 Å². The van der Waals surface area contributed by atoms with Crippen LogP contribution in [0.5, 0.6) is 5.75 Å². The van der Waals surface area contributed by atoms with E-state index in [-0.39, 0.29) is 17.3 Å². The van der Waals surface area contributed by atoms with Crippen molar-refractivity contribution in [1.29, 1.82) is 0 Å². The molecule has 0 amide bonds. The second kappa shape index (κ2) is 8.64. The van der Waals surface area contributed by atoms with E-state index in [1.165, 1.54) is 12.1 Å². The summed E-state index contributed by atoms with van der Waals surface area (Å²) in [6, 6.07) is 12.9. The van der Waals surface area contributed by atoms with E-state index in [9.17, 15) is 26.0 Å². The van der Waals surface area contributed by atoms with Crippen LogP contribution in [-0.4, -0.2) is 24.2 Å². The fourth-order valence-corrected chi connectivity index (χ4v) is 4.92. The molecule has 4 rings (SSSR count). The van der Waals surface area contributed by atoms with E-state index < -0.39 is 28.0 Å². The molecule has 0 aliphatic carbocycles. The normalized spacial score (nSPS) is 12.2. The van der Waals surface area contributed by atoms with E-state index in [1.54, 1.807) is 23.6 Å². The molecule has 0 spiro atoms. The number of fused-ring (bicyclic) bond motifs is 1. The average molecular weight is 493 g/mol. The van der Waals surface area contributed by atoms with Crippen LogP contribution >= 0.6 is 0 Å². The monoisotopic (exact) mass is 493 g/mol. The van der Waals surface area contributed by atoms with Crippen LogP contribution < -0.4 is 9.04 Å². The van der Waals surface area contributed by atoms with Crippen LogP contribution in [0.4, 0.5) is 23.4 Å². The van der Waals surface area contributed by atoms with Gasteiger partial charge in [-0.15, -0.1) is 13.2 Å². The molecule has 0 radical (unpaired) electrons. The van der Waals surface area contributed by atoms with Gasteiger partial charge in [0.05, 0.1) is 17.1 Å². The zero-order chi connectivity index (χ0) is 24.7. The van der Waals surface area contributed by atoms with Gasteiger partial charge in [0.25, 0.3) is 10.0 Å². The zero-order valence-electron chi connectivity index (χ0n) is 18.0. The fraction of sp³-hybridized carbons (Fsp3) is 0.174. The van der Waals surface area contributed by atoms with Crippen LogP contribution in [0.2, 0.25) is 0 Å². The standard InChI is InChI=1S/C23H19F4N3O3S/c1-15-11-12-29-16(2)22(28-21(29)13-15)30(34(31,32)20-9-5-18(24)6-10-20)14-17-3-7-19(8-4-17)33-23(25,26)27/h3-13H,14H2,1-2H3. The number of sulfonamides is 1. The molecule has 2 heterocycles. The largest absolute Gasteiger partial charge is 0.573 e. The maximum atomic E-state index is 13.6. The van der Waals surface area contributed by atoms with Crippen molar-refractivity contribution in [2.24, 2.45) is 0 Å². The number of anilines is 1. The molecular formula is C23H19F4N3O3S. The minimum atomic E-state index is -4.84. The number of halogens is 4. The third-order valence-corrected chi connectivity index (χ3v) is 6.87. The zero-order valence-corrected chi connectivity index (χ0v) is 18.9. The Balaban J connectivity index is 1.79. The molecule has 0 unspecified atom stereocenters. The molecule has 0 atom stereocenters. The molecular weight excluding hydrogens is 474 g/mol. The molecule has 6 nitrogen and oxygen atoms in total. The van der Waals surface area contributed by atoms with Gasteiger partial charge in [-0.25, -0.2) is 22.1 Å². The SMILES string of the molecule is Cc1ccn2c(C)c(N(Cc3ccc(OC(F)(F)F)cc3)S(=O)(=O)c3ccc(F)cc3)nc2c1. The summed E-state index contributed by atoms with van der Waals surface area (Å²) >= 11 is 0. The highest BCUT2D eigenvalue weighted by Gasteiger charge is 2.32. The lowest BCUT2D eigenvalue weighted by Crippen LogP contribution is -2.31. The summed E-state index contributed by atoms with van der Waals surface area (Å²) in [6.45, 7) is 3.36. The molecule has 0 N–H and O–H groups in total. The van der Waals surface area contributed by atoms with Gasteiger partial charge < -0.3 is 9.14 Å². The van der Waals surface area contributed by atoms with Gasteiger partial charge >= 0.3 is 6.36 Å². The van der Waals surface area contributed by atoms with Gasteiger partial charge in [-0.05, 0) is 73.5 Å². The number of aryl methyl sites for hydroxylation is 2. The molecule has 4 aromatic rings. The van der Waals surface area contributed by atoms with Gasteiger partial charge in [0.1, 0.15) is 17.2 Å². The molecule has 0 saturated carbocycles. The lowest BCUT2D eigenvalue weighted by Gasteiger charge is -2.23. The number of hydrogen-bond donors (Lipinski definition) is 0. The molecule has 11 heteroatoms. The second-order valence-corrected chi connectivity index (χ2v) is 9.47. The first-order valence-corrected chi connectivity index (χ1v) is 11.5. The summed E-state index contributed by atoms with van der Waals surface area (Å²) in [5.41, 5.74) is 2.39. The summed E-state index contributed by atoms with van der Waals surface area (Å²) < 4.78 is 84.7. The number of rotatable bonds is 6. The lowest BCUT2D eigenvalue weighted by molar-refractivity contribution is -0.274. The first-order valence-electron chi connectivity index (χ1n) is 10.0. The van der Waals surface area contributed by atoms with Crippen molar-refractivity contribution >= 4 is 21.5 Å². The predicted molar refractivity (Wildman–Crippen MR) is 118 cm³/mol. The Morgan fingerprint density at radius 1 is 1.00 bits per heavy atom. The van der Waals surface area contributed by atoms with Gasteiger partial charge in [-0.2, -0.15) is 0 Å². The maximum Gasteiger partial charge on any atom is 0.573 e. The predicted octanol–water partition coefficient (Wildman–Crippen LogP) is 5.38. The van der Waals surface area contributed by atoms with Crippen LogP contribution in [0.25, 0.3) is 5.65 Å². The highest BCUT2D eigenvalue weighted by Crippen LogP contribution is 2.30. The van der Waals surface area contributed by atoms with Crippen LogP contribution in [0, 0.1) is 19.7 Å². The van der Waals surface area contributed by atoms with Crippen LogP contribution in [0.15, 0.2) is 71.8 Å². The summed E-state index contributed by atoms with van der Waals surface area (Å²) in [4.78, 5) is 4.35. The van der Waals surface area contributed by atoms with Gasteiger partial charge in [0, 0.05) is 6.20 Å². The van der Waals surface area contributed by atoms with E-state index in [0.29, 0.717) is 16.9 Å². The van der Waals surface area contributed by atoms with Gasteiger partial charge in [0.15, 0.2) is 5.82 Å². The van der Waals surface area contributed by atoms with Crippen LogP contribution in [0.1, 0.15) is 16.8 Å². The Labute approximate surface area is 193 Å². The molecule has 2 aromatic carbocycles. The van der Waals surface area contributed by atoms with Gasteiger partial charge in [0.2, 0.25) is 0 Å². The van der Waals surface area contributed by atoms with Crippen LogP contribution in [0.3, 0.4) is 0 Å². The minimum Gasteiger partial charge on any atom is -0.406 e. The molecule has 0 aliphatic heterocycles. The number of ether oxygens (including phenoxy) is 1. The quantitative estimate of drug-likeness (QED) is 0.338. The highest BCUT2D eigenvalue weighted by molar-refractivity contribution is 7.92. The Bertz CT molecular complexity index is 1430. The molecule has 0 aliphatic rings. The molecule has 178 valence electrons. The summed E-state index contributed by atoms with van der Waals surface area (Å²) in [5.74, 6) is -0.876. The minimum absolute atomic E-state index is 0.144. The van der Waals surface area contributed by atoms with E-state index in [1.807, 2.05) is 13.0 Å². The average Bonchev–Trinajstić information content (AvgIpc) is 3.07. The third-order valence-electron chi connectivity index (χ3n) is 5.12. The van der Waals surface area contributed by atoms with Crippen molar-refractivity contribution in [3.8, 4) is 5.75 Å². The van der Waals surface area contributed by atoms with E-state index in [0.717, 1.165) is 46.3 Å². The number of benzene rings is 2. The number of aromatic nitrogens is 2.